The lowest BCUT2D eigenvalue weighted by molar-refractivity contribution is 0.176. The van der Waals surface area contributed by atoms with Crippen molar-refractivity contribution in [3.8, 4) is 17.2 Å². The van der Waals surface area contributed by atoms with Gasteiger partial charge in [-0.3, -0.25) is 0 Å². The first kappa shape index (κ1) is 15.2. The number of hydrogen-bond acceptors (Lipinski definition) is 5. The van der Waals surface area contributed by atoms with Crippen molar-refractivity contribution in [3.05, 3.63) is 17.7 Å². The van der Waals surface area contributed by atoms with E-state index in [1.54, 1.807) is 33.5 Å². The van der Waals surface area contributed by atoms with Crippen molar-refractivity contribution in [2.24, 2.45) is 0 Å². The van der Waals surface area contributed by atoms with Gasteiger partial charge >= 0.3 is 6.09 Å². The average molecular weight is 290 g/mol. The summed E-state index contributed by atoms with van der Waals surface area (Å²) >= 11 is 0. The summed E-state index contributed by atoms with van der Waals surface area (Å²) in [6, 6.07) is 3.19. The van der Waals surface area contributed by atoms with Crippen LogP contribution in [-0.2, 0) is 4.74 Å². The van der Waals surface area contributed by atoms with Crippen LogP contribution in [-0.4, -0.2) is 34.0 Å². The van der Waals surface area contributed by atoms with Gasteiger partial charge in [0.2, 0.25) is 0 Å². The van der Waals surface area contributed by atoms with Crippen molar-refractivity contribution in [2.75, 3.05) is 27.9 Å². The average Bonchev–Trinajstić information content (AvgIpc) is 2.83. The maximum atomic E-state index is 11.1. The van der Waals surface area contributed by atoms with Gasteiger partial charge in [-0.2, -0.15) is 0 Å². The lowest BCUT2D eigenvalue weighted by Gasteiger charge is -2.18. The third kappa shape index (κ3) is 2.96. The summed E-state index contributed by atoms with van der Waals surface area (Å²) in [6.45, 7) is 0.248. The highest BCUT2D eigenvalue weighted by Gasteiger charge is 2.30. The van der Waals surface area contributed by atoms with Crippen molar-refractivity contribution >= 4 is 18.5 Å². The molecule has 0 radical (unpaired) electrons. The topological polar surface area (TPSA) is 66.0 Å². The highest BCUT2D eigenvalue weighted by Crippen LogP contribution is 2.39. The molecule has 0 unspecified atom stereocenters. The van der Waals surface area contributed by atoms with Gasteiger partial charge in [0.15, 0.2) is 0 Å². The summed E-state index contributed by atoms with van der Waals surface area (Å²) in [6.07, 6.45) is -0.445. The zero-order chi connectivity index (χ0) is 13.1. The lowest BCUT2D eigenvalue weighted by Crippen LogP contribution is -2.19. The van der Waals surface area contributed by atoms with Crippen LogP contribution >= 0.6 is 12.4 Å². The predicted octanol–water partition coefficient (Wildman–Crippen LogP) is 1.92. The molecule has 0 saturated carbocycles. The van der Waals surface area contributed by atoms with Gasteiger partial charge in [-0.25, -0.2) is 4.79 Å². The van der Waals surface area contributed by atoms with Crippen LogP contribution in [0.5, 0.6) is 17.2 Å². The Morgan fingerprint density at radius 2 is 1.74 bits per heavy atom. The standard InChI is InChI=1S/C12H15NO5.ClH/c1-15-7-4-9(16-2)11(10(5-7)17-3)8-6-18-12(14)13-8;/h4-5,8H,6H2,1-3H3,(H,13,14);1H/t8-;/m1./s1. The zero-order valence-corrected chi connectivity index (χ0v) is 11.7. The summed E-state index contributed by atoms with van der Waals surface area (Å²) in [5.41, 5.74) is 0.742. The fourth-order valence-electron chi connectivity index (χ4n) is 1.92. The molecule has 106 valence electrons. The van der Waals surface area contributed by atoms with Gasteiger partial charge in [-0.1, -0.05) is 0 Å². The molecule has 1 atom stereocenters. The van der Waals surface area contributed by atoms with E-state index in [9.17, 15) is 4.79 Å². The molecule has 7 heteroatoms. The van der Waals surface area contributed by atoms with E-state index in [-0.39, 0.29) is 25.1 Å². The number of ether oxygens (including phenoxy) is 4. The Morgan fingerprint density at radius 1 is 1.16 bits per heavy atom. The molecule has 1 fully saturated rings. The van der Waals surface area contributed by atoms with Crippen molar-refractivity contribution in [1.82, 2.24) is 5.32 Å². The number of alkyl carbamates (subject to hydrolysis) is 1. The SMILES string of the molecule is COc1cc(OC)c([C@H]2COC(=O)N2)c(OC)c1.Cl. The highest BCUT2D eigenvalue weighted by atomic mass is 35.5. The molecule has 1 amide bonds. The monoisotopic (exact) mass is 289 g/mol. The van der Waals surface area contributed by atoms with Crippen LogP contribution in [0.2, 0.25) is 0 Å². The Hall–Kier alpha value is -1.82. The summed E-state index contributed by atoms with van der Waals surface area (Å²) < 4.78 is 20.7. The molecule has 0 aromatic heterocycles. The molecule has 0 bridgehead atoms. The lowest BCUT2D eigenvalue weighted by atomic mass is 10.0. The molecule has 2 rings (SSSR count). The van der Waals surface area contributed by atoms with Crippen molar-refractivity contribution in [1.29, 1.82) is 0 Å². The van der Waals surface area contributed by atoms with Gasteiger partial charge in [0, 0.05) is 12.1 Å². The van der Waals surface area contributed by atoms with Gasteiger partial charge in [0.25, 0.3) is 0 Å². The smallest absolute Gasteiger partial charge is 0.407 e. The molecule has 1 saturated heterocycles. The van der Waals surface area contributed by atoms with E-state index in [1.807, 2.05) is 0 Å². The van der Waals surface area contributed by atoms with Crippen LogP contribution in [0.15, 0.2) is 12.1 Å². The number of carbonyl (C=O) groups is 1. The van der Waals surface area contributed by atoms with Gasteiger partial charge < -0.3 is 24.3 Å². The minimum atomic E-state index is -0.445. The van der Waals surface area contributed by atoms with Crippen molar-refractivity contribution in [2.45, 2.75) is 6.04 Å². The number of methoxy groups -OCH3 is 3. The fourth-order valence-corrected chi connectivity index (χ4v) is 1.92. The van der Waals surface area contributed by atoms with Crippen LogP contribution in [0.4, 0.5) is 4.79 Å². The van der Waals surface area contributed by atoms with E-state index in [1.165, 1.54) is 0 Å². The second kappa shape index (κ2) is 6.38. The van der Waals surface area contributed by atoms with E-state index < -0.39 is 6.09 Å². The summed E-state index contributed by atoms with van der Waals surface area (Å²) in [5.74, 6) is 1.79. The van der Waals surface area contributed by atoms with E-state index in [2.05, 4.69) is 5.32 Å². The Kier molecular flexibility index (Phi) is 5.11. The first-order valence-electron chi connectivity index (χ1n) is 5.42. The third-order valence-corrected chi connectivity index (χ3v) is 2.77. The normalized spacial score (nSPS) is 17.0. The van der Waals surface area contributed by atoms with E-state index in [0.717, 1.165) is 5.56 Å². The second-order valence-corrected chi connectivity index (χ2v) is 3.74. The van der Waals surface area contributed by atoms with E-state index in [4.69, 9.17) is 18.9 Å². The molecule has 1 aliphatic heterocycles. The molecule has 1 heterocycles. The first-order chi connectivity index (χ1) is 8.69. The van der Waals surface area contributed by atoms with Crippen molar-refractivity contribution in [3.63, 3.8) is 0 Å². The van der Waals surface area contributed by atoms with Crippen LogP contribution < -0.4 is 19.5 Å². The molecule has 1 aliphatic rings. The number of carbonyl (C=O) groups excluding carboxylic acids is 1. The van der Waals surface area contributed by atoms with Gasteiger partial charge in [0.1, 0.15) is 23.9 Å². The second-order valence-electron chi connectivity index (χ2n) is 3.74. The highest BCUT2D eigenvalue weighted by molar-refractivity contribution is 5.85. The first-order valence-corrected chi connectivity index (χ1v) is 5.42. The van der Waals surface area contributed by atoms with Crippen LogP contribution in [0.1, 0.15) is 11.6 Å². The molecule has 6 nitrogen and oxygen atoms in total. The third-order valence-electron chi connectivity index (χ3n) is 2.77. The molecular weight excluding hydrogens is 274 g/mol. The van der Waals surface area contributed by atoms with Gasteiger partial charge in [-0.15, -0.1) is 12.4 Å². The Morgan fingerprint density at radius 3 is 2.11 bits per heavy atom. The fraction of sp³-hybridized carbons (Fsp3) is 0.417. The van der Waals surface area contributed by atoms with Crippen LogP contribution in [0, 0.1) is 0 Å². The minimum Gasteiger partial charge on any atom is -0.496 e. The van der Waals surface area contributed by atoms with Gasteiger partial charge in [0.05, 0.1) is 32.9 Å². The number of amides is 1. The molecular formula is C12H16ClNO5. The molecule has 19 heavy (non-hydrogen) atoms. The summed E-state index contributed by atoms with van der Waals surface area (Å²) in [7, 11) is 4.67. The predicted molar refractivity (Wildman–Crippen MR) is 70.6 cm³/mol. The number of rotatable bonds is 4. The van der Waals surface area contributed by atoms with E-state index >= 15 is 0 Å². The molecule has 1 N–H and O–H groups in total. The van der Waals surface area contributed by atoms with Gasteiger partial charge in [-0.05, 0) is 0 Å². The molecule has 1 aromatic rings. The van der Waals surface area contributed by atoms with E-state index in [0.29, 0.717) is 17.2 Å². The quantitative estimate of drug-likeness (QED) is 0.917. The van der Waals surface area contributed by atoms with Crippen LogP contribution in [0.25, 0.3) is 0 Å². The van der Waals surface area contributed by atoms with Crippen molar-refractivity contribution < 1.29 is 23.7 Å². The Balaban J connectivity index is 0.00000180. The number of hydrogen-bond donors (Lipinski definition) is 1. The molecule has 1 aromatic carbocycles. The summed E-state index contributed by atoms with van der Waals surface area (Å²) in [4.78, 5) is 11.1. The Bertz CT molecular complexity index is 440. The number of benzene rings is 1. The maximum absolute atomic E-state index is 11.1. The minimum absolute atomic E-state index is 0. The molecule has 0 aliphatic carbocycles. The summed E-state index contributed by atoms with van der Waals surface area (Å²) in [5, 5.41) is 2.70. The van der Waals surface area contributed by atoms with Crippen LogP contribution in [0.3, 0.4) is 0 Å². The Labute approximate surface area is 117 Å². The number of nitrogens with one attached hydrogen (secondary N) is 1. The number of halogens is 1. The zero-order valence-electron chi connectivity index (χ0n) is 10.9. The number of cyclic esters (lactones) is 1. The molecule has 0 spiro atoms. The largest absolute Gasteiger partial charge is 0.496 e. The maximum Gasteiger partial charge on any atom is 0.407 e.